The van der Waals surface area contributed by atoms with Gasteiger partial charge in [-0.3, -0.25) is 4.79 Å². The molecule has 0 aliphatic heterocycles. The number of rotatable bonds is 6. The average molecular weight is 531 g/mol. The fraction of sp³-hybridized carbons (Fsp3) is 0.970. The van der Waals surface area contributed by atoms with Crippen molar-refractivity contribution in [3.63, 3.8) is 0 Å². The number of esters is 1. The van der Waals surface area contributed by atoms with Crippen LogP contribution in [0.4, 0.5) is 0 Å². The van der Waals surface area contributed by atoms with Crippen molar-refractivity contribution in [3.05, 3.63) is 0 Å². The van der Waals surface area contributed by atoms with Crippen LogP contribution >= 0.6 is 0 Å². The number of carbonyl (C=O) groups excluding carboxylic acids is 1. The third kappa shape index (κ3) is 4.06. The first kappa shape index (κ1) is 27.5. The highest BCUT2D eigenvalue weighted by molar-refractivity contribution is 5.70. The molecule has 5 heteroatoms. The summed E-state index contributed by atoms with van der Waals surface area (Å²) < 4.78 is 6.26. The fourth-order valence-electron chi connectivity index (χ4n) is 12.0. The van der Waals surface area contributed by atoms with Crippen LogP contribution in [0.5, 0.6) is 0 Å². The fourth-order valence-corrected chi connectivity index (χ4v) is 12.0. The first-order valence-electron chi connectivity index (χ1n) is 16.3. The molecule has 0 saturated heterocycles. The number of aliphatic hydroxyl groups excluding tert-OH is 3. The van der Waals surface area contributed by atoms with Gasteiger partial charge in [-0.25, -0.2) is 0 Å². The lowest BCUT2D eigenvalue weighted by Gasteiger charge is -2.63. The molecule has 6 fully saturated rings. The van der Waals surface area contributed by atoms with Crippen molar-refractivity contribution in [2.24, 2.45) is 58.2 Å². The van der Waals surface area contributed by atoms with Gasteiger partial charge in [0, 0.05) is 6.42 Å². The predicted octanol–water partition coefficient (Wildman–Crippen LogP) is 5.88. The molecule has 0 aromatic heterocycles. The molecule has 0 radical (unpaired) electrons. The van der Waals surface area contributed by atoms with Gasteiger partial charge in [-0.2, -0.15) is 0 Å². The lowest BCUT2D eigenvalue weighted by Crippen LogP contribution is -2.62. The van der Waals surface area contributed by atoms with E-state index in [0.717, 1.165) is 70.1 Å². The van der Waals surface area contributed by atoms with Crippen molar-refractivity contribution in [2.45, 2.75) is 141 Å². The number of aliphatic hydroxyl groups is 3. The van der Waals surface area contributed by atoms with E-state index in [0.29, 0.717) is 41.9 Å². The first-order valence-corrected chi connectivity index (χ1v) is 16.3. The standard InChI is InChI=1S/C33H54O5/c1-5-33(18-20-7-8-21(33)14-20)38-29(37)11-6-19(2)24-9-10-25-30-26(17-28(36)32(24,25)4)31(3)13-12-23(34)15-22(31)16-27(30)35/h19-28,30,34-36H,5-18H2,1-4H3/t19-,20?,21?,22+,23-,24-,25+,26+,27-,28+,30+,31+,32-,33?/m1/s1. The third-order valence-electron chi connectivity index (χ3n) is 14.2. The number of hydrogen-bond donors (Lipinski definition) is 3. The number of hydrogen-bond acceptors (Lipinski definition) is 5. The molecule has 38 heavy (non-hydrogen) atoms. The van der Waals surface area contributed by atoms with Crippen LogP contribution in [0.2, 0.25) is 0 Å². The van der Waals surface area contributed by atoms with E-state index in [1.54, 1.807) is 0 Å². The van der Waals surface area contributed by atoms with Crippen LogP contribution in [0.15, 0.2) is 0 Å². The highest BCUT2D eigenvalue weighted by Crippen LogP contribution is 2.68. The van der Waals surface area contributed by atoms with Crippen molar-refractivity contribution in [2.75, 3.05) is 0 Å². The summed E-state index contributed by atoms with van der Waals surface area (Å²) >= 11 is 0. The summed E-state index contributed by atoms with van der Waals surface area (Å²) in [6.45, 7) is 9.17. The van der Waals surface area contributed by atoms with E-state index < -0.39 is 0 Å². The van der Waals surface area contributed by atoms with E-state index in [2.05, 4.69) is 27.7 Å². The molecule has 6 aliphatic carbocycles. The molecule has 14 atom stereocenters. The molecular formula is C33H54O5. The lowest BCUT2D eigenvalue weighted by atomic mass is 9.43. The van der Waals surface area contributed by atoms with Gasteiger partial charge in [-0.1, -0.05) is 27.7 Å². The van der Waals surface area contributed by atoms with E-state index in [9.17, 15) is 20.1 Å². The molecular weight excluding hydrogens is 476 g/mol. The highest BCUT2D eigenvalue weighted by atomic mass is 16.6. The smallest absolute Gasteiger partial charge is 0.306 e. The van der Waals surface area contributed by atoms with Gasteiger partial charge in [-0.15, -0.1) is 0 Å². The molecule has 0 aromatic carbocycles. The SMILES string of the molecule is CCC1(OC(=O)CC[C@@H](C)[C@H]2CC[C@H]3[C@@H]4[C@H](O)C[C@@H]5C[C@H](O)CC[C@]5(C)[C@H]4C[C@H](O)[C@]23C)CC2CCC1C2. The zero-order chi connectivity index (χ0) is 27.0. The number of carbonyl (C=O) groups is 1. The summed E-state index contributed by atoms with van der Waals surface area (Å²) in [5.74, 6) is 3.25. The monoisotopic (exact) mass is 530 g/mol. The average Bonchev–Trinajstić information content (AvgIpc) is 3.58. The maximum absolute atomic E-state index is 13.1. The summed E-state index contributed by atoms with van der Waals surface area (Å²) in [6.07, 6.45) is 12.5. The minimum atomic E-state index is -0.373. The minimum Gasteiger partial charge on any atom is -0.459 e. The van der Waals surface area contributed by atoms with Crippen LogP contribution < -0.4 is 0 Å². The van der Waals surface area contributed by atoms with Crippen molar-refractivity contribution in [1.29, 1.82) is 0 Å². The van der Waals surface area contributed by atoms with Crippen LogP contribution in [0.25, 0.3) is 0 Å². The van der Waals surface area contributed by atoms with Crippen LogP contribution in [0, 0.1) is 58.2 Å². The molecule has 2 bridgehead atoms. The Kier molecular flexibility index (Phi) is 7.04. The Hall–Kier alpha value is -0.650. The van der Waals surface area contributed by atoms with Gasteiger partial charge in [0.2, 0.25) is 0 Å². The Morgan fingerprint density at radius 2 is 1.74 bits per heavy atom. The van der Waals surface area contributed by atoms with Gasteiger partial charge < -0.3 is 20.1 Å². The largest absolute Gasteiger partial charge is 0.459 e. The second-order valence-corrected chi connectivity index (χ2v) is 15.5. The quantitative estimate of drug-likeness (QED) is 0.374. The van der Waals surface area contributed by atoms with Crippen molar-refractivity contribution >= 4 is 5.97 Å². The van der Waals surface area contributed by atoms with E-state index in [1.165, 1.54) is 19.3 Å². The van der Waals surface area contributed by atoms with E-state index in [1.807, 2.05) is 0 Å². The van der Waals surface area contributed by atoms with Crippen molar-refractivity contribution in [3.8, 4) is 0 Å². The van der Waals surface area contributed by atoms with Gasteiger partial charge >= 0.3 is 5.97 Å². The van der Waals surface area contributed by atoms with Gasteiger partial charge in [0.15, 0.2) is 0 Å². The normalized spacial score (nSPS) is 54.2. The van der Waals surface area contributed by atoms with E-state index in [-0.39, 0.29) is 46.6 Å². The Morgan fingerprint density at radius 1 is 0.947 bits per heavy atom. The Morgan fingerprint density at radius 3 is 2.42 bits per heavy atom. The van der Waals surface area contributed by atoms with Crippen molar-refractivity contribution in [1.82, 2.24) is 0 Å². The minimum absolute atomic E-state index is 0.0173. The molecule has 0 heterocycles. The van der Waals surface area contributed by atoms with Crippen molar-refractivity contribution < 1.29 is 24.9 Å². The molecule has 3 N–H and O–H groups in total. The molecule has 6 aliphatic rings. The number of ether oxygens (including phenoxy) is 1. The van der Waals surface area contributed by atoms with E-state index >= 15 is 0 Å². The molecule has 0 spiro atoms. The van der Waals surface area contributed by atoms with Gasteiger partial charge in [-0.05, 0) is 142 Å². The molecule has 3 unspecified atom stereocenters. The first-order chi connectivity index (χ1) is 18.0. The molecule has 216 valence electrons. The summed E-state index contributed by atoms with van der Waals surface area (Å²) in [5, 5.41) is 33.7. The number of fused-ring (bicyclic) bond motifs is 7. The Bertz CT molecular complexity index is 906. The van der Waals surface area contributed by atoms with Crippen LogP contribution in [-0.4, -0.2) is 45.2 Å². The Balaban J connectivity index is 1.13. The predicted molar refractivity (Wildman–Crippen MR) is 147 cm³/mol. The maximum Gasteiger partial charge on any atom is 0.306 e. The zero-order valence-corrected chi connectivity index (χ0v) is 24.4. The summed E-state index contributed by atoms with van der Waals surface area (Å²) in [6, 6.07) is 0. The van der Waals surface area contributed by atoms with Gasteiger partial charge in [0.1, 0.15) is 5.60 Å². The second kappa shape index (κ2) is 9.72. The third-order valence-corrected chi connectivity index (χ3v) is 14.2. The second-order valence-electron chi connectivity index (χ2n) is 15.5. The highest BCUT2D eigenvalue weighted by Gasteiger charge is 2.65. The molecule has 6 saturated carbocycles. The van der Waals surface area contributed by atoms with Gasteiger partial charge in [0.25, 0.3) is 0 Å². The summed E-state index contributed by atoms with van der Waals surface area (Å²) in [7, 11) is 0. The lowest BCUT2D eigenvalue weighted by molar-refractivity contribution is -0.207. The summed E-state index contributed by atoms with van der Waals surface area (Å²) in [4.78, 5) is 13.1. The van der Waals surface area contributed by atoms with Crippen LogP contribution in [0.3, 0.4) is 0 Å². The molecule has 5 nitrogen and oxygen atoms in total. The van der Waals surface area contributed by atoms with E-state index in [4.69, 9.17) is 4.74 Å². The molecule has 6 rings (SSSR count). The van der Waals surface area contributed by atoms with Crippen LogP contribution in [0.1, 0.15) is 118 Å². The topological polar surface area (TPSA) is 87.0 Å². The zero-order valence-electron chi connectivity index (χ0n) is 24.4. The molecule has 0 aromatic rings. The van der Waals surface area contributed by atoms with Gasteiger partial charge in [0.05, 0.1) is 18.3 Å². The maximum atomic E-state index is 13.1. The molecule has 0 amide bonds. The summed E-state index contributed by atoms with van der Waals surface area (Å²) in [5.41, 5.74) is -0.311. The Labute approximate surface area is 230 Å². The van der Waals surface area contributed by atoms with Crippen LogP contribution in [-0.2, 0) is 9.53 Å².